The van der Waals surface area contributed by atoms with E-state index in [0.29, 0.717) is 5.92 Å². The standard InChI is InChI=1S/C22H30N4OS/c1-13-5-8-20(14(2)9-13)26-12-23-25-22(26)28-16(4)21(27)24-15(3)19-11-17-6-7-18(19)10-17/h5,8-9,12,15-19H,6-7,10-11H2,1-4H3,(H,24,27)/t15-,16-,17+,18+,19-/m1/s1. The topological polar surface area (TPSA) is 59.8 Å². The molecule has 5 atom stereocenters. The largest absolute Gasteiger partial charge is 0.352 e. The highest BCUT2D eigenvalue weighted by Gasteiger charge is 2.42. The molecule has 2 bridgehead atoms. The van der Waals surface area contributed by atoms with Gasteiger partial charge in [0.25, 0.3) is 0 Å². The molecule has 0 unspecified atom stereocenters. The summed E-state index contributed by atoms with van der Waals surface area (Å²) in [6.07, 6.45) is 7.12. The zero-order chi connectivity index (χ0) is 19.8. The average molecular weight is 399 g/mol. The number of hydrogen-bond donors (Lipinski definition) is 1. The van der Waals surface area contributed by atoms with Crippen molar-refractivity contribution >= 4 is 17.7 Å². The second-order valence-electron chi connectivity index (χ2n) is 8.67. The molecule has 0 spiro atoms. The fourth-order valence-corrected chi connectivity index (χ4v) is 5.96. The summed E-state index contributed by atoms with van der Waals surface area (Å²) in [5, 5.41) is 12.2. The molecule has 6 heteroatoms. The van der Waals surface area contributed by atoms with Gasteiger partial charge in [-0.1, -0.05) is 35.9 Å². The minimum atomic E-state index is -0.213. The third-order valence-corrected chi connectivity index (χ3v) is 7.64. The summed E-state index contributed by atoms with van der Waals surface area (Å²) in [5.74, 6) is 2.46. The van der Waals surface area contributed by atoms with Crippen LogP contribution in [0.25, 0.3) is 5.69 Å². The maximum Gasteiger partial charge on any atom is 0.233 e. The second kappa shape index (κ2) is 7.90. The van der Waals surface area contributed by atoms with E-state index >= 15 is 0 Å². The van der Waals surface area contributed by atoms with Gasteiger partial charge in [-0.25, -0.2) is 0 Å². The molecule has 1 aromatic heterocycles. The van der Waals surface area contributed by atoms with Crippen molar-refractivity contribution in [1.29, 1.82) is 0 Å². The van der Waals surface area contributed by atoms with E-state index in [1.807, 2.05) is 11.5 Å². The Morgan fingerprint density at radius 1 is 1.25 bits per heavy atom. The van der Waals surface area contributed by atoms with Crippen molar-refractivity contribution in [3.8, 4) is 5.69 Å². The monoisotopic (exact) mass is 398 g/mol. The van der Waals surface area contributed by atoms with Crippen LogP contribution < -0.4 is 5.32 Å². The Bertz CT molecular complexity index is 864. The first kappa shape index (κ1) is 19.5. The van der Waals surface area contributed by atoms with E-state index in [-0.39, 0.29) is 17.2 Å². The number of aromatic nitrogens is 3. The normalized spacial score (nSPS) is 25.6. The Morgan fingerprint density at radius 2 is 2.07 bits per heavy atom. The minimum Gasteiger partial charge on any atom is -0.352 e. The average Bonchev–Trinajstić information content (AvgIpc) is 3.38. The van der Waals surface area contributed by atoms with Crippen LogP contribution in [0, 0.1) is 31.6 Å². The summed E-state index contributed by atoms with van der Waals surface area (Å²) in [6, 6.07) is 6.57. The molecule has 1 amide bonds. The molecule has 0 aliphatic heterocycles. The molecule has 2 aliphatic carbocycles. The number of amides is 1. The molecule has 4 rings (SSSR count). The van der Waals surface area contributed by atoms with Crippen LogP contribution in [0.5, 0.6) is 0 Å². The Balaban J connectivity index is 1.40. The van der Waals surface area contributed by atoms with Gasteiger partial charge in [-0.2, -0.15) is 0 Å². The first-order valence-electron chi connectivity index (χ1n) is 10.4. The number of nitrogens with one attached hydrogen (secondary N) is 1. The van der Waals surface area contributed by atoms with Crippen molar-refractivity contribution in [1.82, 2.24) is 20.1 Å². The molecule has 2 aliphatic rings. The van der Waals surface area contributed by atoms with Crippen LogP contribution in [0.3, 0.4) is 0 Å². The summed E-state index contributed by atoms with van der Waals surface area (Å²) in [5.41, 5.74) is 3.45. The first-order chi connectivity index (χ1) is 13.4. The fourth-order valence-electron chi connectivity index (χ4n) is 5.11. The molecule has 0 saturated heterocycles. The van der Waals surface area contributed by atoms with Crippen LogP contribution >= 0.6 is 11.8 Å². The fraction of sp³-hybridized carbons (Fsp3) is 0.591. The first-order valence-corrected chi connectivity index (χ1v) is 11.2. The number of thioether (sulfide) groups is 1. The molecular weight excluding hydrogens is 368 g/mol. The molecule has 2 saturated carbocycles. The van der Waals surface area contributed by atoms with Gasteiger partial charge < -0.3 is 5.32 Å². The van der Waals surface area contributed by atoms with E-state index < -0.39 is 0 Å². The summed E-state index contributed by atoms with van der Waals surface area (Å²) in [4.78, 5) is 12.8. The van der Waals surface area contributed by atoms with Gasteiger partial charge in [0.1, 0.15) is 6.33 Å². The van der Waals surface area contributed by atoms with Crippen molar-refractivity contribution < 1.29 is 4.79 Å². The van der Waals surface area contributed by atoms with E-state index in [4.69, 9.17) is 0 Å². The minimum absolute atomic E-state index is 0.0930. The third kappa shape index (κ3) is 3.84. The van der Waals surface area contributed by atoms with Gasteiger partial charge in [0, 0.05) is 6.04 Å². The van der Waals surface area contributed by atoms with Gasteiger partial charge in [0.2, 0.25) is 5.91 Å². The highest BCUT2D eigenvalue weighted by atomic mass is 32.2. The molecular formula is C22H30N4OS. The lowest BCUT2D eigenvalue weighted by Gasteiger charge is -2.29. The Morgan fingerprint density at radius 3 is 2.75 bits per heavy atom. The van der Waals surface area contributed by atoms with E-state index in [1.165, 1.54) is 48.6 Å². The number of carbonyl (C=O) groups is 1. The van der Waals surface area contributed by atoms with Crippen LogP contribution in [-0.4, -0.2) is 32.0 Å². The van der Waals surface area contributed by atoms with Gasteiger partial charge in [0.15, 0.2) is 5.16 Å². The molecule has 1 N–H and O–H groups in total. The van der Waals surface area contributed by atoms with Crippen LogP contribution in [0.1, 0.15) is 50.7 Å². The summed E-state index contributed by atoms with van der Waals surface area (Å²) in [7, 11) is 0. The molecule has 5 nitrogen and oxygen atoms in total. The van der Waals surface area contributed by atoms with Gasteiger partial charge in [0.05, 0.1) is 10.9 Å². The van der Waals surface area contributed by atoms with Gasteiger partial charge in [-0.15, -0.1) is 10.2 Å². The Kier molecular flexibility index (Phi) is 5.50. The Labute approximate surface area is 171 Å². The Hall–Kier alpha value is -1.82. The number of carbonyl (C=O) groups excluding carboxylic acids is 1. The summed E-state index contributed by atoms with van der Waals surface area (Å²) < 4.78 is 1.97. The van der Waals surface area contributed by atoms with Gasteiger partial charge in [-0.3, -0.25) is 9.36 Å². The maximum atomic E-state index is 12.8. The van der Waals surface area contributed by atoms with Gasteiger partial charge in [-0.05, 0) is 76.3 Å². The summed E-state index contributed by atoms with van der Waals surface area (Å²) in [6.45, 7) is 8.31. The number of hydrogen-bond acceptors (Lipinski definition) is 4. The molecule has 150 valence electrons. The van der Waals surface area contributed by atoms with Gasteiger partial charge >= 0.3 is 0 Å². The lowest BCUT2D eigenvalue weighted by atomic mass is 9.84. The van der Waals surface area contributed by atoms with E-state index in [2.05, 4.69) is 54.5 Å². The molecule has 1 heterocycles. The smallest absolute Gasteiger partial charge is 0.233 e. The van der Waals surface area contributed by atoms with E-state index in [9.17, 15) is 4.79 Å². The molecule has 2 fully saturated rings. The van der Waals surface area contributed by atoms with Crippen molar-refractivity contribution in [2.24, 2.45) is 17.8 Å². The zero-order valence-corrected chi connectivity index (χ0v) is 18.0. The van der Waals surface area contributed by atoms with Crippen molar-refractivity contribution in [2.75, 3.05) is 0 Å². The van der Waals surface area contributed by atoms with Crippen LogP contribution in [0.15, 0.2) is 29.7 Å². The summed E-state index contributed by atoms with van der Waals surface area (Å²) >= 11 is 1.47. The molecule has 2 aromatic rings. The van der Waals surface area contributed by atoms with Crippen molar-refractivity contribution in [3.63, 3.8) is 0 Å². The van der Waals surface area contributed by atoms with E-state index in [0.717, 1.165) is 22.7 Å². The van der Waals surface area contributed by atoms with Crippen LogP contribution in [-0.2, 0) is 4.79 Å². The van der Waals surface area contributed by atoms with Crippen molar-refractivity contribution in [2.45, 2.75) is 69.8 Å². The number of benzene rings is 1. The van der Waals surface area contributed by atoms with Crippen LogP contribution in [0.4, 0.5) is 0 Å². The zero-order valence-electron chi connectivity index (χ0n) is 17.2. The second-order valence-corrected chi connectivity index (χ2v) is 9.98. The number of nitrogens with zero attached hydrogens (tertiary/aromatic N) is 3. The predicted octanol–water partition coefficient (Wildman–Crippen LogP) is 4.31. The molecule has 1 aromatic carbocycles. The quantitative estimate of drug-likeness (QED) is 0.737. The molecule has 0 radical (unpaired) electrons. The lowest BCUT2D eigenvalue weighted by Crippen LogP contribution is -2.43. The van der Waals surface area contributed by atoms with E-state index in [1.54, 1.807) is 6.33 Å². The predicted molar refractivity (Wildman–Crippen MR) is 113 cm³/mol. The van der Waals surface area contributed by atoms with Crippen LogP contribution in [0.2, 0.25) is 0 Å². The highest BCUT2D eigenvalue weighted by Crippen LogP contribution is 2.49. The number of aryl methyl sites for hydroxylation is 2. The SMILES string of the molecule is Cc1ccc(-n2cnnc2S[C@H](C)C(=O)N[C@H](C)[C@H]2C[C@H]3CC[C@H]2C3)c(C)c1. The number of rotatable bonds is 6. The van der Waals surface area contributed by atoms with Crippen molar-refractivity contribution in [3.05, 3.63) is 35.7 Å². The third-order valence-electron chi connectivity index (χ3n) is 6.58. The molecule has 28 heavy (non-hydrogen) atoms. The highest BCUT2D eigenvalue weighted by molar-refractivity contribution is 8.00. The number of fused-ring (bicyclic) bond motifs is 2. The lowest BCUT2D eigenvalue weighted by molar-refractivity contribution is -0.121. The maximum absolute atomic E-state index is 12.8.